The summed E-state index contributed by atoms with van der Waals surface area (Å²) in [6, 6.07) is 4.20. The fourth-order valence-corrected chi connectivity index (χ4v) is 1.27. The van der Waals surface area contributed by atoms with Crippen LogP contribution in [0.1, 0.15) is 24.2 Å². The number of benzene rings is 1. The molecule has 0 aromatic heterocycles. The van der Waals surface area contributed by atoms with Gasteiger partial charge >= 0.3 is 6.18 Å². The van der Waals surface area contributed by atoms with Gasteiger partial charge in [0.25, 0.3) is 0 Å². The molecule has 0 fully saturated rings. The maximum Gasteiger partial charge on any atom is 0.416 e. The largest absolute Gasteiger partial charge is 0.479 e. The van der Waals surface area contributed by atoms with Crippen LogP contribution in [0, 0.1) is 5.41 Å². The second kappa shape index (κ2) is 5.18. The molecule has 0 saturated heterocycles. The number of aliphatic hydroxyl groups is 1. The normalized spacial score (nSPS) is 13.2. The first kappa shape index (κ1) is 13.5. The molecule has 1 atom stereocenters. The van der Waals surface area contributed by atoms with E-state index in [0.717, 1.165) is 12.1 Å². The van der Waals surface area contributed by atoms with Gasteiger partial charge in [-0.1, -0.05) is 12.1 Å². The van der Waals surface area contributed by atoms with Gasteiger partial charge in [0.15, 0.2) is 6.10 Å². The third kappa shape index (κ3) is 3.45. The molecule has 0 bridgehead atoms. The lowest BCUT2D eigenvalue weighted by Crippen LogP contribution is -2.15. The van der Waals surface area contributed by atoms with E-state index in [1.54, 1.807) is 6.92 Å². The molecule has 0 aliphatic rings. The maximum atomic E-state index is 12.4. The average Bonchev–Trinajstić information content (AvgIpc) is 2.27. The van der Waals surface area contributed by atoms with Crippen molar-refractivity contribution in [3.8, 4) is 0 Å². The predicted octanol–water partition coefficient (Wildman–Crippen LogP) is 2.75. The smallest absolute Gasteiger partial charge is 0.416 e. The lowest BCUT2D eigenvalue weighted by molar-refractivity contribution is -0.137. The lowest BCUT2D eigenvalue weighted by atomic mass is 10.1. The SMILES string of the molecule is CCOC(=N)C(O)c1cccc(C(F)(F)F)c1. The highest BCUT2D eigenvalue weighted by molar-refractivity contribution is 5.79. The number of aliphatic hydroxyl groups excluding tert-OH is 1. The molecule has 2 N–H and O–H groups in total. The minimum Gasteiger partial charge on any atom is -0.479 e. The minimum atomic E-state index is -4.47. The number of hydrogen-bond acceptors (Lipinski definition) is 3. The van der Waals surface area contributed by atoms with Crippen LogP contribution in [0.5, 0.6) is 0 Å². The summed E-state index contributed by atoms with van der Waals surface area (Å²) in [5, 5.41) is 16.9. The Morgan fingerprint density at radius 2 is 2.12 bits per heavy atom. The molecule has 1 rings (SSSR count). The lowest BCUT2D eigenvalue weighted by Gasteiger charge is -2.14. The first-order chi connectivity index (χ1) is 7.86. The first-order valence-electron chi connectivity index (χ1n) is 4.92. The number of halogens is 3. The molecule has 6 heteroatoms. The van der Waals surface area contributed by atoms with E-state index in [4.69, 9.17) is 10.1 Å². The van der Waals surface area contributed by atoms with Crippen molar-refractivity contribution in [3.63, 3.8) is 0 Å². The van der Waals surface area contributed by atoms with E-state index in [1.807, 2.05) is 0 Å². The van der Waals surface area contributed by atoms with Crippen LogP contribution in [0.15, 0.2) is 24.3 Å². The first-order valence-corrected chi connectivity index (χ1v) is 4.92. The molecule has 0 amide bonds. The van der Waals surface area contributed by atoms with Crippen molar-refractivity contribution in [2.75, 3.05) is 6.61 Å². The number of nitrogens with one attached hydrogen (secondary N) is 1. The Kier molecular flexibility index (Phi) is 4.11. The van der Waals surface area contributed by atoms with Gasteiger partial charge in [0.2, 0.25) is 5.90 Å². The van der Waals surface area contributed by atoms with Gasteiger partial charge in [-0.15, -0.1) is 0 Å². The number of ether oxygens (including phenoxy) is 1. The Hall–Kier alpha value is -1.56. The van der Waals surface area contributed by atoms with E-state index in [9.17, 15) is 18.3 Å². The fraction of sp³-hybridized carbons (Fsp3) is 0.364. The molecule has 0 heterocycles. The molecule has 0 aliphatic heterocycles. The topological polar surface area (TPSA) is 53.3 Å². The summed E-state index contributed by atoms with van der Waals surface area (Å²) in [5.41, 5.74) is -0.878. The third-order valence-electron chi connectivity index (χ3n) is 2.08. The monoisotopic (exact) mass is 247 g/mol. The second-order valence-corrected chi connectivity index (χ2v) is 3.32. The summed E-state index contributed by atoms with van der Waals surface area (Å²) in [7, 11) is 0. The molecule has 0 spiro atoms. The van der Waals surface area contributed by atoms with Crippen LogP contribution >= 0.6 is 0 Å². The van der Waals surface area contributed by atoms with Gasteiger partial charge in [-0.2, -0.15) is 13.2 Å². The highest BCUT2D eigenvalue weighted by atomic mass is 19.4. The maximum absolute atomic E-state index is 12.4. The highest BCUT2D eigenvalue weighted by Gasteiger charge is 2.31. The number of alkyl halides is 3. The van der Waals surface area contributed by atoms with E-state index >= 15 is 0 Å². The van der Waals surface area contributed by atoms with Gasteiger partial charge in [-0.3, -0.25) is 5.41 Å². The standard InChI is InChI=1S/C11H12F3NO2/c1-2-17-10(15)9(16)7-4-3-5-8(6-7)11(12,13)14/h3-6,9,15-16H,2H2,1H3. The van der Waals surface area contributed by atoms with Crippen LogP contribution in [-0.2, 0) is 10.9 Å². The second-order valence-electron chi connectivity index (χ2n) is 3.32. The molecule has 0 radical (unpaired) electrons. The summed E-state index contributed by atoms with van der Waals surface area (Å²) in [5.74, 6) is -0.466. The molecule has 17 heavy (non-hydrogen) atoms. The number of hydrogen-bond donors (Lipinski definition) is 2. The van der Waals surface area contributed by atoms with Crippen LogP contribution < -0.4 is 0 Å². The molecule has 0 aliphatic carbocycles. The Bertz CT molecular complexity index is 404. The average molecular weight is 247 g/mol. The van der Waals surface area contributed by atoms with Crippen LogP contribution in [0.25, 0.3) is 0 Å². The summed E-state index contributed by atoms with van der Waals surface area (Å²) >= 11 is 0. The summed E-state index contributed by atoms with van der Waals surface area (Å²) in [6.45, 7) is 1.79. The summed E-state index contributed by atoms with van der Waals surface area (Å²) in [4.78, 5) is 0. The molecular weight excluding hydrogens is 235 g/mol. The summed E-state index contributed by atoms with van der Waals surface area (Å²) < 4.78 is 42.0. The van der Waals surface area contributed by atoms with Crippen LogP contribution in [0.3, 0.4) is 0 Å². The quantitative estimate of drug-likeness (QED) is 0.637. The summed E-state index contributed by atoms with van der Waals surface area (Å²) in [6.07, 6.45) is -5.94. The van der Waals surface area contributed by atoms with Crippen molar-refractivity contribution in [1.82, 2.24) is 0 Å². The van der Waals surface area contributed by atoms with E-state index < -0.39 is 23.7 Å². The minimum absolute atomic E-state index is 0.0155. The van der Waals surface area contributed by atoms with Crippen LogP contribution in [0.4, 0.5) is 13.2 Å². The zero-order chi connectivity index (χ0) is 13.1. The van der Waals surface area contributed by atoms with E-state index in [0.29, 0.717) is 0 Å². The van der Waals surface area contributed by atoms with Gasteiger partial charge in [-0.25, -0.2) is 0 Å². The zero-order valence-corrected chi connectivity index (χ0v) is 9.08. The van der Waals surface area contributed by atoms with Crippen molar-refractivity contribution in [2.45, 2.75) is 19.2 Å². The molecule has 94 valence electrons. The molecule has 1 aromatic rings. The van der Waals surface area contributed by atoms with Crippen molar-refractivity contribution >= 4 is 5.90 Å². The van der Waals surface area contributed by atoms with Gasteiger partial charge < -0.3 is 9.84 Å². The molecule has 0 saturated carbocycles. The van der Waals surface area contributed by atoms with E-state index in [2.05, 4.69) is 0 Å². The highest BCUT2D eigenvalue weighted by Crippen LogP contribution is 2.30. The van der Waals surface area contributed by atoms with Gasteiger partial charge in [0, 0.05) is 0 Å². The molecule has 3 nitrogen and oxygen atoms in total. The van der Waals surface area contributed by atoms with Crippen molar-refractivity contribution in [1.29, 1.82) is 5.41 Å². The fourth-order valence-electron chi connectivity index (χ4n) is 1.27. The Labute approximate surface area is 96.3 Å². The van der Waals surface area contributed by atoms with E-state index in [-0.39, 0.29) is 12.2 Å². The Morgan fingerprint density at radius 1 is 1.47 bits per heavy atom. The van der Waals surface area contributed by atoms with Gasteiger partial charge in [0.1, 0.15) is 0 Å². The van der Waals surface area contributed by atoms with Crippen molar-refractivity contribution in [3.05, 3.63) is 35.4 Å². The van der Waals surface area contributed by atoms with E-state index in [1.165, 1.54) is 12.1 Å². The van der Waals surface area contributed by atoms with Crippen molar-refractivity contribution in [2.24, 2.45) is 0 Å². The zero-order valence-electron chi connectivity index (χ0n) is 9.08. The molecule has 1 unspecified atom stereocenters. The molecular formula is C11H12F3NO2. The van der Waals surface area contributed by atoms with Crippen LogP contribution in [0.2, 0.25) is 0 Å². The van der Waals surface area contributed by atoms with Crippen molar-refractivity contribution < 1.29 is 23.0 Å². The molecule has 1 aromatic carbocycles. The van der Waals surface area contributed by atoms with Gasteiger partial charge in [-0.05, 0) is 24.6 Å². The van der Waals surface area contributed by atoms with Crippen LogP contribution in [-0.4, -0.2) is 17.6 Å². The van der Waals surface area contributed by atoms with Gasteiger partial charge in [0.05, 0.1) is 12.2 Å². The predicted molar refractivity (Wildman–Crippen MR) is 55.8 cm³/mol. The Balaban J connectivity index is 2.96. The Morgan fingerprint density at radius 3 is 2.65 bits per heavy atom. The number of rotatable bonds is 3. The third-order valence-corrected chi connectivity index (χ3v) is 2.08.